The fourth-order valence-electron chi connectivity index (χ4n) is 1.81. The van der Waals surface area contributed by atoms with E-state index in [4.69, 9.17) is 0 Å². The molecule has 0 saturated carbocycles. The van der Waals surface area contributed by atoms with Crippen LogP contribution in [-0.2, 0) is 0 Å². The number of anilines is 1. The molecule has 9 heteroatoms. The van der Waals surface area contributed by atoms with Crippen molar-refractivity contribution in [1.82, 2.24) is 0 Å². The highest BCUT2D eigenvalue weighted by molar-refractivity contribution is 8.06. The van der Waals surface area contributed by atoms with Crippen LogP contribution in [-0.4, -0.2) is 38.9 Å². The highest BCUT2D eigenvalue weighted by Gasteiger charge is 2.21. The molecule has 1 fully saturated rings. The maximum absolute atomic E-state index is 11.0. The summed E-state index contributed by atoms with van der Waals surface area (Å²) in [6.07, 6.45) is 0. The molecule has 1 heterocycles. The van der Waals surface area contributed by atoms with Gasteiger partial charge in [0.2, 0.25) is 0 Å². The average Bonchev–Trinajstić information content (AvgIpc) is 2.45. The Kier molecular flexibility index (Phi) is 5.07. The zero-order valence-corrected chi connectivity index (χ0v) is 12.1. The standard InChI is InChI=1S/C11H13N3O4S2/c15-13(16)8-1-2-10(11(5-8)14(17)18)12-6-9-7-19-3-4-20-9/h1-2,5,9,12H,3-4,6-7H2. The first kappa shape index (κ1) is 14.9. The summed E-state index contributed by atoms with van der Waals surface area (Å²) in [5, 5.41) is 25.1. The normalized spacial score (nSPS) is 18.5. The molecular weight excluding hydrogens is 302 g/mol. The zero-order chi connectivity index (χ0) is 14.5. The highest BCUT2D eigenvalue weighted by Crippen LogP contribution is 2.30. The third-order valence-electron chi connectivity index (χ3n) is 2.79. The second kappa shape index (κ2) is 6.80. The van der Waals surface area contributed by atoms with Crippen LogP contribution in [0.5, 0.6) is 0 Å². The molecule has 20 heavy (non-hydrogen) atoms. The summed E-state index contributed by atoms with van der Waals surface area (Å²) in [6.45, 7) is 0.621. The topological polar surface area (TPSA) is 98.3 Å². The van der Waals surface area contributed by atoms with E-state index >= 15 is 0 Å². The smallest absolute Gasteiger partial charge is 0.299 e. The van der Waals surface area contributed by atoms with Gasteiger partial charge in [0.1, 0.15) is 5.69 Å². The monoisotopic (exact) mass is 315 g/mol. The summed E-state index contributed by atoms with van der Waals surface area (Å²) in [5.74, 6) is 3.23. The van der Waals surface area contributed by atoms with E-state index in [1.54, 1.807) is 0 Å². The third-order valence-corrected chi connectivity index (χ3v) is 5.64. The molecule has 0 radical (unpaired) electrons. The number of non-ortho nitro benzene ring substituents is 1. The van der Waals surface area contributed by atoms with Crippen molar-refractivity contribution in [2.24, 2.45) is 0 Å². The van der Waals surface area contributed by atoms with Crippen LogP contribution in [0.2, 0.25) is 0 Å². The lowest BCUT2D eigenvalue weighted by molar-refractivity contribution is -0.393. The van der Waals surface area contributed by atoms with Gasteiger partial charge in [-0.15, -0.1) is 0 Å². The van der Waals surface area contributed by atoms with E-state index in [-0.39, 0.29) is 11.4 Å². The number of nitrogens with zero attached hydrogens (tertiary/aromatic N) is 2. The van der Waals surface area contributed by atoms with Crippen molar-refractivity contribution in [2.75, 3.05) is 29.1 Å². The second-order valence-electron chi connectivity index (χ2n) is 4.16. The van der Waals surface area contributed by atoms with Crippen molar-refractivity contribution in [3.05, 3.63) is 38.4 Å². The Balaban J connectivity index is 2.09. The van der Waals surface area contributed by atoms with Gasteiger partial charge in [0.25, 0.3) is 11.4 Å². The van der Waals surface area contributed by atoms with Crippen molar-refractivity contribution in [1.29, 1.82) is 0 Å². The number of hydrogen-bond acceptors (Lipinski definition) is 7. The fourth-order valence-corrected chi connectivity index (χ4v) is 4.42. The predicted octanol–water partition coefficient (Wildman–Crippen LogP) is 2.76. The van der Waals surface area contributed by atoms with Gasteiger partial charge in [0.05, 0.1) is 15.9 Å². The second-order valence-corrected chi connectivity index (χ2v) is 6.72. The number of nitrogens with one attached hydrogen (secondary N) is 1. The van der Waals surface area contributed by atoms with Crippen LogP contribution in [0.15, 0.2) is 18.2 Å². The highest BCUT2D eigenvalue weighted by atomic mass is 32.2. The molecule has 2 rings (SSSR count). The fraction of sp³-hybridized carbons (Fsp3) is 0.455. The largest absolute Gasteiger partial charge is 0.378 e. The van der Waals surface area contributed by atoms with Gasteiger partial charge in [-0.2, -0.15) is 23.5 Å². The van der Waals surface area contributed by atoms with Crippen molar-refractivity contribution < 1.29 is 9.85 Å². The van der Waals surface area contributed by atoms with E-state index in [0.29, 0.717) is 17.5 Å². The first-order chi connectivity index (χ1) is 9.58. The predicted molar refractivity (Wildman–Crippen MR) is 81.8 cm³/mol. The molecule has 1 N–H and O–H groups in total. The third kappa shape index (κ3) is 3.76. The molecule has 1 aliphatic rings. The first-order valence-corrected chi connectivity index (χ1v) is 8.14. The molecular formula is C11H13N3O4S2. The average molecular weight is 315 g/mol. The molecule has 0 amide bonds. The van der Waals surface area contributed by atoms with Crippen LogP contribution in [0.4, 0.5) is 17.1 Å². The first-order valence-electron chi connectivity index (χ1n) is 5.94. The number of rotatable bonds is 5. The van der Waals surface area contributed by atoms with E-state index in [0.717, 1.165) is 23.3 Å². The number of nitro benzene ring substituents is 2. The lowest BCUT2D eigenvalue weighted by atomic mass is 10.2. The summed E-state index contributed by atoms with van der Waals surface area (Å²) < 4.78 is 0. The van der Waals surface area contributed by atoms with E-state index < -0.39 is 9.85 Å². The molecule has 1 aromatic rings. The van der Waals surface area contributed by atoms with Crippen LogP contribution in [0.3, 0.4) is 0 Å². The van der Waals surface area contributed by atoms with Crippen molar-refractivity contribution in [3.8, 4) is 0 Å². The van der Waals surface area contributed by atoms with Crippen LogP contribution in [0.25, 0.3) is 0 Å². The van der Waals surface area contributed by atoms with Crippen molar-refractivity contribution in [3.63, 3.8) is 0 Å². The SMILES string of the molecule is O=[N+]([O-])c1ccc(NCC2CSCCS2)c([N+](=O)[O-])c1. The Bertz CT molecular complexity index is 520. The molecule has 1 unspecified atom stereocenters. The molecule has 1 atom stereocenters. The Morgan fingerprint density at radius 1 is 1.25 bits per heavy atom. The Labute approximate surface area is 123 Å². The van der Waals surface area contributed by atoms with E-state index in [2.05, 4.69) is 5.32 Å². The molecule has 7 nitrogen and oxygen atoms in total. The number of thioether (sulfide) groups is 2. The maximum atomic E-state index is 11.0. The molecule has 0 aromatic heterocycles. The molecule has 0 bridgehead atoms. The Morgan fingerprint density at radius 2 is 2.05 bits per heavy atom. The molecule has 0 spiro atoms. The molecule has 1 aliphatic heterocycles. The summed E-state index contributed by atoms with van der Waals surface area (Å²) in [4.78, 5) is 20.4. The lowest BCUT2D eigenvalue weighted by Gasteiger charge is -2.21. The Morgan fingerprint density at radius 3 is 2.65 bits per heavy atom. The maximum Gasteiger partial charge on any atom is 0.299 e. The molecule has 1 aromatic carbocycles. The van der Waals surface area contributed by atoms with Gasteiger partial charge >= 0.3 is 0 Å². The number of nitro groups is 2. The Hall–Kier alpha value is -1.48. The minimum absolute atomic E-state index is 0.257. The van der Waals surface area contributed by atoms with Gasteiger partial charge < -0.3 is 5.32 Å². The molecule has 1 saturated heterocycles. The summed E-state index contributed by atoms with van der Waals surface area (Å²) in [6, 6.07) is 3.67. The van der Waals surface area contributed by atoms with Gasteiger partial charge in [0.15, 0.2) is 0 Å². The summed E-state index contributed by atoms with van der Waals surface area (Å²) in [5.41, 5.74) is -0.200. The van der Waals surface area contributed by atoms with E-state index in [9.17, 15) is 20.2 Å². The number of benzene rings is 1. The van der Waals surface area contributed by atoms with Gasteiger partial charge in [-0.1, -0.05) is 0 Å². The van der Waals surface area contributed by atoms with Crippen LogP contribution >= 0.6 is 23.5 Å². The van der Waals surface area contributed by atoms with Crippen LogP contribution in [0, 0.1) is 20.2 Å². The van der Waals surface area contributed by atoms with Gasteiger partial charge in [-0.25, -0.2) is 0 Å². The minimum atomic E-state index is -0.635. The molecule has 0 aliphatic carbocycles. The van der Waals surface area contributed by atoms with Crippen molar-refractivity contribution in [2.45, 2.75) is 5.25 Å². The van der Waals surface area contributed by atoms with Crippen molar-refractivity contribution >= 4 is 40.6 Å². The van der Waals surface area contributed by atoms with Gasteiger partial charge in [-0.3, -0.25) is 20.2 Å². The van der Waals surface area contributed by atoms with Crippen LogP contribution < -0.4 is 5.32 Å². The van der Waals surface area contributed by atoms with Gasteiger partial charge in [-0.05, 0) is 6.07 Å². The summed E-state index contributed by atoms with van der Waals surface area (Å²) in [7, 11) is 0. The van der Waals surface area contributed by atoms with E-state index in [1.165, 1.54) is 12.1 Å². The lowest BCUT2D eigenvalue weighted by Crippen LogP contribution is -2.23. The quantitative estimate of drug-likeness (QED) is 0.659. The van der Waals surface area contributed by atoms with Gasteiger partial charge in [0, 0.05) is 35.1 Å². The minimum Gasteiger partial charge on any atom is -0.378 e. The summed E-state index contributed by atoms with van der Waals surface area (Å²) >= 11 is 3.71. The number of hydrogen-bond donors (Lipinski definition) is 1. The zero-order valence-electron chi connectivity index (χ0n) is 10.5. The molecule has 108 valence electrons. The van der Waals surface area contributed by atoms with Crippen LogP contribution in [0.1, 0.15) is 0 Å². The van der Waals surface area contributed by atoms with E-state index in [1.807, 2.05) is 23.5 Å².